The molecule has 3 spiro atoms. The minimum Gasteiger partial charge on any atom is -0.317 e. The van der Waals surface area contributed by atoms with Crippen LogP contribution in [0.5, 0.6) is 0 Å². The minimum absolute atomic E-state index is 0.728. The van der Waals surface area contributed by atoms with Gasteiger partial charge in [-0.05, 0) is 88.4 Å². The van der Waals surface area contributed by atoms with E-state index in [1.807, 2.05) is 0 Å². The van der Waals surface area contributed by atoms with E-state index in [0.717, 1.165) is 28.3 Å². The van der Waals surface area contributed by atoms with Gasteiger partial charge in [0.25, 0.3) is 0 Å². The van der Waals surface area contributed by atoms with Crippen molar-refractivity contribution >= 4 is 0 Å². The Morgan fingerprint density at radius 1 is 0.696 bits per heavy atom. The molecule has 6 aliphatic rings. The van der Waals surface area contributed by atoms with Gasteiger partial charge in [0.15, 0.2) is 0 Å². The van der Waals surface area contributed by atoms with E-state index >= 15 is 0 Å². The van der Waals surface area contributed by atoms with Gasteiger partial charge < -0.3 is 5.32 Å². The molecule has 0 bridgehead atoms. The molecule has 3 aliphatic heterocycles. The summed E-state index contributed by atoms with van der Waals surface area (Å²) in [7, 11) is 0. The van der Waals surface area contributed by atoms with Crippen molar-refractivity contribution in [1.82, 2.24) is 15.1 Å². The molecular weight excluding hydrogens is 282 g/mol. The highest BCUT2D eigenvalue weighted by Crippen LogP contribution is 2.63. The fourth-order valence-corrected chi connectivity index (χ4v) is 7.10. The van der Waals surface area contributed by atoms with Crippen molar-refractivity contribution < 1.29 is 0 Å². The Labute approximate surface area is 141 Å². The lowest BCUT2D eigenvalue weighted by atomic mass is 9.68. The fraction of sp³-hybridized carbons (Fsp3) is 1.00. The molecular formula is C20H33N3. The van der Waals surface area contributed by atoms with Gasteiger partial charge in [0.2, 0.25) is 0 Å². The molecule has 0 aromatic carbocycles. The lowest BCUT2D eigenvalue weighted by molar-refractivity contribution is 0.131. The molecule has 23 heavy (non-hydrogen) atoms. The van der Waals surface area contributed by atoms with Crippen LogP contribution < -0.4 is 5.32 Å². The van der Waals surface area contributed by atoms with Crippen LogP contribution in [0.2, 0.25) is 0 Å². The molecule has 3 aliphatic carbocycles. The van der Waals surface area contributed by atoms with Crippen molar-refractivity contribution in [2.75, 3.05) is 39.3 Å². The second-order valence-corrected chi connectivity index (χ2v) is 10.2. The molecule has 3 unspecified atom stereocenters. The number of rotatable bonds is 2. The molecule has 6 fully saturated rings. The molecule has 0 aromatic rings. The molecule has 1 N–H and O–H groups in total. The standard InChI is InChI=1S/C20H33N3/c1-2-18(3-1)6-10-22(14-18)17-13-20(17)7-11-23(15-20)16-12-19(16)4-8-21-9-5-19/h16-17,21H,1-15H2. The van der Waals surface area contributed by atoms with Gasteiger partial charge in [0.1, 0.15) is 0 Å². The van der Waals surface area contributed by atoms with Crippen LogP contribution in [0.1, 0.15) is 57.8 Å². The van der Waals surface area contributed by atoms with Crippen molar-refractivity contribution in [1.29, 1.82) is 0 Å². The largest absolute Gasteiger partial charge is 0.317 e. The van der Waals surface area contributed by atoms with E-state index in [-0.39, 0.29) is 0 Å². The van der Waals surface area contributed by atoms with Crippen LogP contribution in [0.15, 0.2) is 0 Å². The summed E-state index contributed by atoms with van der Waals surface area (Å²) in [4.78, 5) is 5.86. The van der Waals surface area contributed by atoms with E-state index in [1.165, 1.54) is 97.1 Å². The Morgan fingerprint density at radius 3 is 2.13 bits per heavy atom. The van der Waals surface area contributed by atoms with Crippen LogP contribution in [0, 0.1) is 16.2 Å². The summed E-state index contributed by atoms with van der Waals surface area (Å²) in [5.74, 6) is 0. The predicted octanol–water partition coefficient (Wildman–Crippen LogP) is 2.47. The zero-order valence-electron chi connectivity index (χ0n) is 14.7. The fourth-order valence-electron chi connectivity index (χ4n) is 7.10. The Bertz CT molecular complexity index is 503. The molecule has 6 rings (SSSR count). The number of hydrogen-bond donors (Lipinski definition) is 1. The van der Waals surface area contributed by atoms with Gasteiger partial charge in [0, 0.05) is 30.6 Å². The Balaban J connectivity index is 1.09. The van der Waals surface area contributed by atoms with Crippen molar-refractivity contribution in [3.05, 3.63) is 0 Å². The summed E-state index contributed by atoms with van der Waals surface area (Å²) in [6, 6.07) is 1.93. The summed E-state index contributed by atoms with van der Waals surface area (Å²) in [6.07, 6.45) is 13.5. The summed E-state index contributed by atoms with van der Waals surface area (Å²) in [6.45, 7) is 8.28. The lowest BCUT2D eigenvalue weighted by Gasteiger charge is -2.38. The SMILES string of the molecule is C1CC2(C1)CCN(C1CC13CCN(C1CC14CCNCC4)C3)C2. The van der Waals surface area contributed by atoms with Crippen molar-refractivity contribution in [2.45, 2.75) is 69.9 Å². The molecule has 3 atom stereocenters. The van der Waals surface area contributed by atoms with Gasteiger partial charge in [-0.3, -0.25) is 9.80 Å². The van der Waals surface area contributed by atoms with Crippen molar-refractivity contribution in [2.24, 2.45) is 16.2 Å². The molecule has 0 radical (unpaired) electrons. The lowest BCUT2D eigenvalue weighted by Crippen LogP contribution is -2.37. The highest BCUT2D eigenvalue weighted by atomic mass is 15.3. The maximum atomic E-state index is 3.56. The number of nitrogens with one attached hydrogen (secondary N) is 1. The van der Waals surface area contributed by atoms with Crippen LogP contribution in [-0.2, 0) is 0 Å². The Morgan fingerprint density at radius 2 is 1.39 bits per heavy atom. The summed E-state index contributed by atoms with van der Waals surface area (Å²) >= 11 is 0. The molecule has 0 aromatic heterocycles. The molecule has 3 heterocycles. The molecule has 3 nitrogen and oxygen atoms in total. The smallest absolute Gasteiger partial charge is 0.0172 e. The third-order valence-corrected chi connectivity index (χ3v) is 9.07. The first kappa shape index (κ1) is 14.1. The zero-order chi connectivity index (χ0) is 15.1. The van der Waals surface area contributed by atoms with E-state index in [1.54, 1.807) is 0 Å². The first-order chi connectivity index (χ1) is 11.2. The highest BCUT2D eigenvalue weighted by molar-refractivity contribution is 5.19. The minimum atomic E-state index is 0.728. The van der Waals surface area contributed by atoms with Crippen molar-refractivity contribution in [3.8, 4) is 0 Å². The third-order valence-electron chi connectivity index (χ3n) is 9.07. The Kier molecular flexibility index (Phi) is 2.78. The van der Waals surface area contributed by atoms with Crippen LogP contribution >= 0.6 is 0 Å². The van der Waals surface area contributed by atoms with Crippen molar-refractivity contribution in [3.63, 3.8) is 0 Å². The highest BCUT2D eigenvalue weighted by Gasteiger charge is 2.65. The summed E-state index contributed by atoms with van der Waals surface area (Å²) in [5.41, 5.74) is 2.26. The average Bonchev–Trinajstić information content (AvgIpc) is 3.24. The third kappa shape index (κ3) is 1.99. The van der Waals surface area contributed by atoms with Gasteiger partial charge in [-0.1, -0.05) is 6.42 Å². The van der Waals surface area contributed by atoms with Gasteiger partial charge in [-0.15, -0.1) is 0 Å². The molecule has 3 heteroatoms. The maximum Gasteiger partial charge on any atom is 0.0172 e. The predicted molar refractivity (Wildman–Crippen MR) is 92.4 cm³/mol. The van der Waals surface area contributed by atoms with E-state index in [4.69, 9.17) is 0 Å². The Hall–Kier alpha value is -0.120. The van der Waals surface area contributed by atoms with E-state index < -0.39 is 0 Å². The van der Waals surface area contributed by atoms with Crippen LogP contribution in [0.25, 0.3) is 0 Å². The number of nitrogens with zero attached hydrogens (tertiary/aromatic N) is 2. The summed E-state index contributed by atoms with van der Waals surface area (Å²) in [5, 5.41) is 3.56. The second-order valence-electron chi connectivity index (χ2n) is 10.2. The molecule has 128 valence electrons. The van der Waals surface area contributed by atoms with Gasteiger partial charge >= 0.3 is 0 Å². The van der Waals surface area contributed by atoms with E-state index in [9.17, 15) is 0 Å². The van der Waals surface area contributed by atoms with E-state index in [0.29, 0.717) is 0 Å². The molecule has 3 saturated carbocycles. The number of likely N-dealkylation sites (tertiary alicyclic amines) is 2. The second kappa shape index (κ2) is 4.53. The van der Waals surface area contributed by atoms with E-state index in [2.05, 4.69) is 15.1 Å². The van der Waals surface area contributed by atoms with Gasteiger partial charge in [0.05, 0.1) is 0 Å². The monoisotopic (exact) mass is 315 g/mol. The van der Waals surface area contributed by atoms with Gasteiger partial charge in [-0.2, -0.15) is 0 Å². The normalized spacial score (nSPS) is 47.5. The van der Waals surface area contributed by atoms with Crippen LogP contribution in [0.4, 0.5) is 0 Å². The quantitative estimate of drug-likeness (QED) is 0.844. The maximum absolute atomic E-state index is 3.56. The first-order valence-electron chi connectivity index (χ1n) is 10.4. The topological polar surface area (TPSA) is 18.5 Å². The number of piperidine rings is 1. The van der Waals surface area contributed by atoms with Crippen LogP contribution in [-0.4, -0.2) is 61.2 Å². The molecule has 3 saturated heterocycles. The van der Waals surface area contributed by atoms with Crippen LogP contribution in [0.3, 0.4) is 0 Å². The first-order valence-corrected chi connectivity index (χ1v) is 10.4. The summed E-state index contributed by atoms with van der Waals surface area (Å²) < 4.78 is 0. The number of hydrogen-bond acceptors (Lipinski definition) is 3. The average molecular weight is 316 g/mol. The zero-order valence-corrected chi connectivity index (χ0v) is 14.7. The van der Waals surface area contributed by atoms with Gasteiger partial charge in [-0.25, -0.2) is 0 Å². The molecule has 0 amide bonds.